The lowest BCUT2D eigenvalue weighted by atomic mass is 9.72. The van der Waals surface area contributed by atoms with Crippen LogP contribution in [0.4, 0.5) is 17.1 Å². The van der Waals surface area contributed by atoms with Crippen LogP contribution in [0.3, 0.4) is 0 Å². The zero-order valence-electron chi connectivity index (χ0n) is 42.2. The lowest BCUT2D eigenvalue weighted by Gasteiger charge is -2.33. The van der Waals surface area contributed by atoms with E-state index in [2.05, 4.69) is 226 Å². The van der Waals surface area contributed by atoms with Gasteiger partial charge in [-0.15, -0.1) is 0 Å². The third-order valence-corrected chi connectivity index (χ3v) is 17.9. The Hall–Kier alpha value is -7.62. The number of benzene rings is 9. The third kappa shape index (κ3) is 4.90. The average Bonchev–Trinajstić information content (AvgIpc) is 4.15. The largest absolute Gasteiger partial charge is 0.455 e. The van der Waals surface area contributed by atoms with Crippen molar-refractivity contribution in [3.8, 4) is 44.5 Å². The second kappa shape index (κ2) is 13.2. The zero-order chi connectivity index (χ0) is 48.4. The van der Waals surface area contributed by atoms with Crippen molar-refractivity contribution in [2.45, 2.75) is 90.9 Å². The van der Waals surface area contributed by atoms with Gasteiger partial charge in [-0.1, -0.05) is 170 Å². The van der Waals surface area contributed by atoms with Crippen LogP contribution >= 0.6 is 0 Å². The highest BCUT2D eigenvalue weighted by molar-refractivity contribution is 6.22. The fraction of sp³-hybridized carbons (Fsp3) is 0.206. The van der Waals surface area contributed by atoms with Gasteiger partial charge in [0, 0.05) is 71.4 Å². The summed E-state index contributed by atoms with van der Waals surface area (Å²) in [7, 11) is 0. The van der Waals surface area contributed by atoms with E-state index in [0.717, 1.165) is 33.7 Å². The first-order valence-electron chi connectivity index (χ1n) is 25.5. The highest BCUT2D eigenvalue weighted by Crippen LogP contribution is 2.66. The van der Waals surface area contributed by atoms with Crippen LogP contribution in [0.1, 0.15) is 111 Å². The fourth-order valence-electron chi connectivity index (χ4n) is 14.8. The summed E-state index contributed by atoms with van der Waals surface area (Å²) in [4.78, 5) is 2.53. The molecule has 4 aliphatic rings. The summed E-state index contributed by atoms with van der Waals surface area (Å²) in [6, 6.07) is 56.9. The molecule has 0 atom stereocenters. The van der Waals surface area contributed by atoms with Crippen molar-refractivity contribution in [3.63, 3.8) is 0 Å². The summed E-state index contributed by atoms with van der Waals surface area (Å²) in [6.07, 6.45) is 0. The Bertz CT molecular complexity index is 4260. The number of aryl methyl sites for hydroxylation is 2. The average molecular weight is 918 g/mol. The predicted molar refractivity (Wildman–Crippen MR) is 295 cm³/mol. The van der Waals surface area contributed by atoms with Crippen LogP contribution in [0.15, 0.2) is 160 Å². The van der Waals surface area contributed by atoms with Crippen LogP contribution in [0.2, 0.25) is 0 Å². The van der Waals surface area contributed by atoms with Gasteiger partial charge in [-0.25, -0.2) is 0 Å². The maximum Gasteiger partial charge on any atom is 0.144 e. The van der Waals surface area contributed by atoms with E-state index in [1.54, 1.807) is 0 Å². The molecule has 2 heterocycles. The molecule has 3 heteroatoms. The molecule has 0 bridgehead atoms. The van der Waals surface area contributed by atoms with E-state index in [-0.39, 0.29) is 21.7 Å². The molecule has 71 heavy (non-hydrogen) atoms. The highest BCUT2D eigenvalue weighted by atomic mass is 16.3. The van der Waals surface area contributed by atoms with E-state index in [0.29, 0.717) is 0 Å². The maximum absolute atomic E-state index is 7.07. The van der Waals surface area contributed by atoms with Gasteiger partial charge in [0.05, 0.1) is 0 Å². The van der Waals surface area contributed by atoms with Crippen molar-refractivity contribution >= 4 is 60.9 Å². The van der Waals surface area contributed by atoms with E-state index in [4.69, 9.17) is 8.83 Å². The molecule has 0 unspecified atom stereocenters. The number of nitrogens with zero attached hydrogens (tertiary/aromatic N) is 1. The summed E-state index contributed by atoms with van der Waals surface area (Å²) in [5.41, 5.74) is 30.1. The Morgan fingerprint density at radius 3 is 1.25 bits per heavy atom. The number of hydrogen-bond acceptors (Lipinski definition) is 3. The van der Waals surface area contributed by atoms with E-state index in [9.17, 15) is 0 Å². The molecule has 2 aromatic heterocycles. The Morgan fingerprint density at radius 1 is 0.366 bits per heavy atom. The summed E-state index contributed by atoms with van der Waals surface area (Å²) >= 11 is 0. The summed E-state index contributed by atoms with van der Waals surface area (Å²) in [5.74, 6) is 0. The van der Waals surface area contributed by atoms with Crippen molar-refractivity contribution in [3.05, 3.63) is 207 Å². The highest BCUT2D eigenvalue weighted by Gasteiger charge is 2.51. The van der Waals surface area contributed by atoms with Crippen molar-refractivity contribution in [1.82, 2.24) is 0 Å². The molecule has 0 fully saturated rings. The lowest BCUT2D eigenvalue weighted by molar-refractivity contribution is 0.600. The number of rotatable bonds is 3. The second-order valence-corrected chi connectivity index (χ2v) is 23.3. The minimum atomic E-state index is -0.337. The van der Waals surface area contributed by atoms with Crippen LogP contribution in [-0.4, -0.2) is 0 Å². The first kappa shape index (κ1) is 41.2. The molecule has 344 valence electrons. The summed E-state index contributed by atoms with van der Waals surface area (Å²) in [6.45, 7) is 24.0. The molecule has 0 saturated carbocycles. The van der Waals surface area contributed by atoms with Crippen molar-refractivity contribution in [2.75, 3.05) is 4.90 Å². The van der Waals surface area contributed by atoms with Crippen LogP contribution in [0, 0.1) is 13.8 Å². The zero-order valence-corrected chi connectivity index (χ0v) is 42.2. The Kier molecular flexibility index (Phi) is 7.66. The van der Waals surface area contributed by atoms with Crippen LogP contribution in [0.5, 0.6) is 0 Å². The quantitative estimate of drug-likeness (QED) is 0.177. The molecule has 0 aliphatic heterocycles. The summed E-state index contributed by atoms with van der Waals surface area (Å²) < 4.78 is 14.1. The molecule has 0 N–H and O–H groups in total. The normalized spacial score (nSPS) is 16.5. The minimum absolute atomic E-state index is 0.211. The van der Waals surface area contributed by atoms with Gasteiger partial charge in [0.2, 0.25) is 0 Å². The van der Waals surface area contributed by atoms with Crippen LogP contribution in [-0.2, 0) is 21.7 Å². The van der Waals surface area contributed by atoms with Gasteiger partial charge in [0.1, 0.15) is 22.3 Å². The van der Waals surface area contributed by atoms with Gasteiger partial charge in [-0.05, 0) is 140 Å². The lowest BCUT2D eigenvalue weighted by Crippen LogP contribution is -2.24. The monoisotopic (exact) mass is 917 g/mol. The minimum Gasteiger partial charge on any atom is -0.455 e. The predicted octanol–water partition coefficient (Wildman–Crippen LogP) is 18.8. The third-order valence-electron chi connectivity index (χ3n) is 17.9. The molecule has 0 amide bonds. The molecule has 0 spiro atoms. The second-order valence-electron chi connectivity index (χ2n) is 23.3. The Labute approximate surface area is 415 Å². The molecule has 9 aromatic carbocycles. The van der Waals surface area contributed by atoms with Gasteiger partial charge in [0.25, 0.3) is 0 Å². The first-order chi connectivity index (χ1) is 34.1. The van der Waals surface area contributed by atoms with E-state index < -0.39 is 0 Å². The molecule has 0 saturated heterocycles. The molecule has 0 radical (unpaired) electrons. The van der Waals surface area contributed by atoms with E-state index in [1.165, 1.54) is 127 Å². The molecule has 3 nitrogen and oxygen atoms in total. The SMILES string of the molecule is Cc1ccc(N(c2ccc3c(c2)C(C)(C)c2c4c(c5c(oc6ccccc65)c2-3)-c2ccccc2C4(C)C)c2ccc3c(c2)C(C)(C)c2c4c(c5oc6ccccc6c5c2-3)-c2ccccc2C4(C)C)c(C)c1. The number of furan rings is 2. The molecular weight excluding hydrogens is 863 g/mol. The molecule has 11 aromatic rings. The van der Waals surface area contributed by atoms with Crippen LogP contribution < -0.4 is 4.90 Å². The van der Waals surface area contributed by atoms with Gasteiger partial charge in [-0.3, -0.25) is 0 Å². The number of para-hydroxylation sites is 2. The topological polar surface area (TPSA) is 29.5 Å². The number of hydrogen-bond donors (Lipinski definition) is 0. The van der Waals surface area contributed by atoms with Gasteiger partial charge in [0.15, 0.2) is 0 Å². The fourth-order valence-corrected chi connectivity index (χ4v) is 14.8. The van der Waals surface area contributed by atoms with E-state index >= 15 is 0 Å². The molecule has 15 rings (SSSR count). The van der Waals surface area contributed by atoms with E-state index in [1.807, 2.05) is 0 Å². The van der Waals surface area contributed by atoms with Crippen LogP contribution in [0.25, 0.3) is 88.4 Å². The van der Waals surface area contributed by atoms with Gasteiger partial charge in [-0.2, -0.15) is 0 Å². The standard InChI is InChI=1S/C68H55NO2/c1-36-27-32-50(37(2)33-36)69(38-28-30-42-48(34-38)67(7,8)60-54(42)56-45-22-14-18-26-52(45)70-63(56)57-41-20-12-16-24-47(41)66(5,6)61(57)60)39-29-31-43-49(35-39)68(9,10)62-58(43)64-55(44-21-13-17-25-51(44)71-64)53-40-19-11-15-23-46(40)65(3,4)59(53)62/h11-35H,1-10H3. The smallest absolute Gasteiger partial charge is 0.144 e. The molecule has 4 aliphatic carbocycles. The van der Waals surface area contributed by atoms with Crippen molar-refractivity contribution in [1.29, 1.82) is 0 Å². The number of anilines is 3. The summed E-state index contributed by atoms with van der Waals surface area (Å²) in [5, 5.41) is 4.81. The maximum atomic E-state index is 7.07. The van der Waals surface area contributed by atoms with Crippen molar-refractivity contribution in [2.24, 2.45) is 0 Å². The Morgan fingerprint density at radius 2 is 0.761 bits per heavy atom. The Balaban J connectivity index is 0.970. The van der Waals surface area contributed by atoms with Gasteiger partial charge < -0.3 is 13.7 Å². The molecular formula is C68H55NO2. The van der Waals surface area contributed by atoms with Gasteiger partial charge >= 0.3 is 0 Å². The van der Waals surface area contributed by atoms with Crippen molar-refractivity contribution < 1.29 is 8.83 Å². The number of fused-ring (bicyclic) bond motifs is 24. The first-order valence-corrected chi connectivity index (χ1v) is 25.5.